The molecule has 0 bridgehead atoms. The summed E-state index contributed by atoms with van der Waals surface area (Å²) in [6.45, 7) is 4.49. The van der Waals surface area contributed by atoms with E-state index in [0.717, 1.165) is 16.8 Å². The van der Waals surface area contributed by atoms with Crippen LogP contribution in [0.25, 0.3) is 11.3 Å². The molecule has 2 aromatic rings. The lowest BCUT2D eigenvalue weighted by atomic mass is 10.1. The van der Waals surface area contributed by atoms with Crippen molar-refractivity contribution in [2.24, 2.45) is 0 Å². The number of carbonyl (C=O) groups is 1. The van der Waals surface area contributed by atoms with Gasteiger partial charge in [0.2, 0.25) is 0 Å². The van der Waals surface area contributed by atoms with E-state index in [4.69, 9.17) is 4.74 Å². The van der Waals surface area contributed by atoms with Gasteiger partial charge in [0.05, 0.1) is 18.5 Å². The Kier molecular flexibility index (Phi) is 4.84. The van der Waals surface area contributed by atoms with Gasteiger partial charge in [-0.1, -0.05) is 0 Å². The monoisotopic (exact) mass is 274 g/mol. The van der Waals surface area contributed by atoms with Crippen LogP contribution in [-0.2, 0) is 16.1 Å². The number of nitrogens with one attached hydrogen (secondary N) is 2. The Morgan fingerprint density at radius 3 is 3.05 bits per heavy atom. The van der Waals surface area contributed by atoms with Crippen molar-refractivity contribution >= 4 is 5.97 Å². The predicted molar refractivity (Wildman–Crippen MR) is 74.8 cm³/mol. The Labute approximate surface area is 117 Å². The van der Waals surface area contributed by atoms with Crippen molar-refractivity contribution in [1.29, 1.82) is 0 Å². The van der Waals surface area contributed by atoms with Crippen LogP contribution in [0.1, 0.15) is 19.4 Å². The first-order valence-electron chi connectivity index (χ1n) is 6.55. The van der Waals surface area contributed by atoms with Crippen molar-refractivity contribution < 1.29 is 9.53 Å². The molecule has 1 atom stereocenters. The highest BCUT2D eigenvalue weighted by Crippen LogP contribution is 2.19. The van der Waals surface area contributed by atoms with Gasteiger partial charge in [0.25, 0.3) is 0 Å². The normalized spacial score (nSPS) is 12.1. The number of H-pyrrole nitrogens is 1. The molecule has 0 aliphatic heterocycles. The summed E-state index contributed by atoms with van der Waals surface area (Å²) in [4.78, 5) is 15.6. The number of hydrogen-bond acceptors (Lipinski definition) is 5. The van der Waals surface area contributed by atoms with Crippen LogP contribution in [0, 0.1) is 0 Å². The highest BCUT2D eigenvalue weighted by atomic mass is 16.5. The summed E-state index contributed by atoms with van der Waals surface area (Å²) in [6.07, 6.45) is 5.24. The van der Waals surface area contributed by atoms with E-state index < -0.39 is 0 Å². The molecule has 0 saturated carbocycles. The number of esters is 1. The topological polar surface area (TPSA) is 79.9 Å². The van der Waals surface area contributed by atoms with Gasteiger partial charge in [-0.05, 0) is 26.0 Å². The van der Waals surface area contributed by atoms with Gasteiger partial charge in [-0.15, -0.1) is 0 Å². The van der Waals surface area contributed by atoms with Crippen LogP contribution >= 0.6 is 0 Å². The zero-order valence-electron chi connectivity index (χ0n) is 11.6. The minimum absolute atomic E-state index is 0.251. The van der Waals surface area contributed by atoms with Gasteiger partial charge in [-0.2, -0.15) is 5.10 Å². The van der Waals surface area contributed by atoms with Crippen LogP contribution in [0.5, 0.6) is 0 Å². The van der Waals surface area contributed by atoms with E-state index in [-0.39, 0.29) is 12.0 Å². The number of aromatic nitrogens is 3. The Morgan fingerprint density at radius 1 is 1.50 bits per heavy atom. The zero-order valence-corrected chi connectivity index (χ0v) is 11.6. The van der Waals surface area contributed by atoms with Gasteiger partial charge in [-0.25, -0.2) is 0 Å². The van der Waals surface area contributed by atoms with Crippen molar-refractivity contribution in [3.8, 4) is 11.3 Å². The lowest BCUT2D eigenvalue weighted by molar-refractivity contribution is -0.145. The molecule has 2 heterocycles. The Hall–Kier alpha value is -2.21. The zero-order chi connectivity index (χ0) is 14.4. The number of rotatable bonds is 6. The Bertz CT molecular complexity index is 553. The summed E-state index contributed by atoms with van der Waals surface area (Å²) < 4.78 is 4.95. The van der Waals surface area contributed by atoms with E-state index in [0.29, 0.717) is 13.2 Å². The molecule has 0 spiro atoms. The molecule has 6 nitrogen and oxygen atoms in total. The summed E-state index contributed by atoms with van der Waals surface area (Å²) in [5, 5.41) is 10.1. The van der Waals surface area contributed by atoms with E-state index in [1.165, 1.54) is 0 Å². The fraction of sp³-hybridized carbons (Fsp3) is 0.357. The quantitative estimate of drug-likeness (QED) is 0.781. The van der Waals surface area contributed by atoms with Crippen LogP contribution in [0.3, 0.4) is 0 Å². The average molecular weight is 274 g/mol. The first kappa shape index (κ1) is 14.2. The third-order valence-corrected chi connectivity index (χ3v) is 2.91. The van der Waals surface area contributed by atoms with Gasteiger partial charge >= 0.3 is 5.97 Å². The van der Waals surface area contributed by atoms with E-state index >= 15 is 0 Å². The third kappa shape index (κ3) is 3.42. The largest absolute Gasteiger partial charge is 0.465 e. The van der Waals surface area contributed by atoms with Gasteiger partial charge < -0.3 is 10.1 Å². The van der Waals surface area contributed by atoms with Crippen molar-refractivity contribution in [3.63, 3.8) is 0 Å². The molecule has 0 aliphatic carbocycles. The maximum Gasteiger partial charge on any atom is 0.322 e. The summed E-state index contributed by atoms with van der Waals surface area (Å²) in [5.74, 6) is -0.251. The SMILES string of the molecule is CCOC(=O)C(C)NCc1cn[nH]c1-c1cccnc1. The van der Waals surface area contributed by atoms with E-state index in [2.05, 4.69) is 20.5 Å². The maximum atomic E-state index is 11.5. The second kappa shape index (κ2) is 6.81. The van der Waals surface area contributed by atoms with E-state index in [1.807, 2.05) is 12.1 Å². The summed E-state index contributed by atoms with van der Waals surface area (Å²) in [5.41, 5.74) is 2.85. The summed E-state index contributed by atoms with van der Waals surface area (Å²) in [6, 6.07) is 3.47. The number of ether oxygens (including phenoxy) is 1. The van der Waals surface area contributed by atoms with Crippen LogP contribution < -0.4 is 5.32 Å². The summed E-state index contributed by atoms with van der Waals surface area (Å²) in [7, 11) is 0. The van der Waals surface area contributed by atoms with Crippen molar-refractivity contribution in [2.75, 3.05) is 6.61 Å². The molecule has 1 unspecified atom stereocenters. The Balaban J connectivity index is 2.01. The fourth-order valence-corrected chi connectivity index (χ4v) is 1.82. The standard InChI is InChI=1S/C14H18N4O2/c1-3-20-14(19)10(2)16-8-12-9-17-18-13(12)11-5-4-6-15-7-11/h4-7,9-10,16H,3,8H2,1-2H3,(H,17,18). The molecule has 2 N–H and O–H groups in total. The number of aromatic amines is 1. The molecule has 0 fully saturated rings. The fourth-order valence-electron chi connectivity index (χ4n) is 1.82. The number of nitrogens with zero attached hydrogens (tertiary/aromatic N) is 2. The van der Waals surface area contributed by atoms with Crippen molar-refractivity contribution in [1.82, 2.24) is 20.5 Å². The lowest BCUT2D eigenvalue weighted by Gasteiger charge is -2.12. The van der Waals surface area contributed by atoms with Gasteiger partial charge in [0.1, 0.15) is 6.04 Å². The molecular formula is C14H18N4O2. The lowest BCUT2D eigenvalue weighted by Crippen LogP contribution is -2.34. The molecule has 0 radical (unpaired) electrons. The van der Waals surface area contributed by atoms with Gasteiger partial charge in [0.15, 0.2) is 0 Å². The second-order valence-electron chi connectivity index (χ2n) is 4.37. The van der Waals surface area contributed by atoms with Gasteiger partial charge in [0, 0.05) is 30.1 Å². The average Bonchev–Trinajstić information content (AvgIpc) is 2.94. The number of pyridine rings is 1. The minimum atomic E-state index is -0.355. The minimum Gasteiger partial charge on any atom is -0.465 e. The third-order valence-electron chi connectivity index (χ3n) is 2.91. The molecule has 0 saturated heterocycles. The molecule has 0 aliphatic rings. The molecule has 2 rings (SSSR count). The van der Waals surface area contributed by atoms with Crippen LogP contribution in [0.2, 0.25) is 0 Å². The summed E-state index contributed by atoms with van der Waals surface area (Å²) >= 11 is 0. The molecule has 20 heavy (non-hydrogen) atoms. The smallest absolute Gasteiger partial charge is 0.322 e. The van der Waals surface area contributed by atoms with Gasteiger partial charge in [-0.3, -0.25) is 14.9 Å². The predicted octanol–water partition coefficient (Wildman–Crippen LogP) is 1.51. The first-order valence-corrected chi connectivity index (χ1v) is 6.55. The van der Waals surface area contributed by atoms with Crippen LogP contribution in [0.4, 0.5) is 0 Å². The number of carbonyl (C=O) groups excluding carboxylic acids is 1. The number of hydrogen-bond donors (Lipinski definition) is 2. The molecule has 6 heteroatoms. The second-order valence-corrected chi connectivity index (χ2v) is 4.37. The highest BCUT2D eigenvalue weighted by Gasteiger charge is 2.14. The molecular weight excluding hydrogens is 256 g/mol. The first-order chi connectivity index (χ1) is 9.72. The van der Waals surface area contributed by atoms with Crippen LogP contribution in [0.15, 0.2) is 30.7 Å². The molecule has 0 amide bonds. The van der Waals surface area contributed by atoms with Crippen LogP contribution in [-0.4, -0.2) is 33.8 Å². The molecule has 0 aromatic carbocycles. The highest BCUT2D eigenvalue weighted by molar-refractivity contribution is 5.75. The van der Waals surface area contributed by atoms with Crippen molar-refractivity contribution in [3.05, 3.63) is 36.3 Å². The van der Waals surface area contributed by atoms with E-state index in [1.54, 1.807) is 32.4 Å². The molecule has 106 valence electrons. The maximum absolute atomic E-state index is 11.5. The van der Waals surface area contributed by atoms with E-state index in [9.17, 15) is 4.79 Å². The molecule has 2 aromatic heterocycles. The Morgan fingerprint density at radius 2 is 2.35 bits per heavy atom. The van der Waals surface area contributed by atoms with Crippen molar-refractivity contribution in [2.45, 2.75) is 26.4 Å².